The molecule has 3 aromatic rings. The first kappa shape index (κ1) is 23.5. The van der Waals surface area contributed by atoms with E-state index in [1.165, 1.54) is 22.2 Å². The summed E-state index contributed by atoms with van der Waals surface area (Å²) in [5, 5.41) is 0.447. The van der Waals surface area contributed by atoms with Gasteiger partial charge in [-0.25, -0.2) is 4.98 Å². The van der Waals surface area contributed by atoms with Gasteiger partial charge in [0.05, 0.1) is 16.6 Å². The SMILES string of the molecule is Cc1c(C(=O)N2CCN(c3ccccc3)CC2)sc2ncn(CC(=O)N3CCCC[C@H]3C)c(=O)c12. The van der Waals surface area contributed by atoms with Crippen LogP contribution in [0.1, 0.15) is 41.4 Å². The number of aromatic nitrogens is 2. The lowest BCUT2D eigenvalue weighted by molar-refractivity contribution is -0.135. The Bertz CT molecular complexity index is 1290. The van der Waals surface area contributed by atoms with Crippen molar-refractivity contribution in [3.8, 4) is 0 Å². The molecule has 8 nitrogen and oxygen atoms in total. The van der Waals surface area contributed by atoms with E-state index in [4.69, 9.17) is 0 Å². The summed E-state index contributed by atoms with van der Waals surface area (Å²) in [5.41, 5.74) is 1.57. The van der Waals surface area contributed by atoms with Crippen molar-refractivity contribution in [2.24, 2.45) is 0 Å². The molecule has 2 saturated heterocycles. The molecule has 9 heteroatoms. The smallest absolute Gasteiger partial charge is 0.264 e. The number of anilines is 1. The van der Waals surface area contributed by atoms with Crippen LogP contribution in [0.2, 0.25) is 0 Å². The molecule has 2 amide bonds. The number of aryl methyl sites for hydroxylation is 1. The number of hydrogen-bond acceptors (Lipinski definition) is 6. The Kier molecular flexibility index (Phi) is 6.60. The van der Waals surface area contributed by atoms with Crippen LogP contribution in [-0.2, 0) is 11.3 Å². The monoisotopic (exact) mass is 493 g/mol. The van der Waals surface area contributed by atoms with Crippen LogP contribution in [-0.4, -0.2) is 69.9 Å². The zero-order valence-corrected chi connectivity index (χ0v) is 21.1. The average Bonchev–Trinajstić information content (AvgIpc) is 3.23. The standard InChI is InChI=1S/C26H31N5O3S/c1-18-8-6-7-11-31(18)21(32)16-30-17-27-24-22(25(30)33)19(2)23(35-24)26(34)29-14-12-28(13-15-29)20-9-4-3-5-10-20/h3-5,9-10,17-18H,6-8,11-16H2,1-2H3/t18-/m1/s1. The summed E-state index contributed by atoms with van der Waals surface area (Å²) in [7, 11) is 0. The molecule has 184 valence electrons. The molecule has 1 atom stereocenters. The zero-order valence-electron chi connectivity index (χ0n) is 20.3. The van der Waals surface area contributed by atoms with Crippen LogP contribution < -0.4 is 10.5 Å². The van der Waals surface area contributed by atoms with Gasteiger partial charge in [0.15, 0.2) is 0 Å². The van der Waals surface area contributed by atoms with Gasteiger partial charge < -0.3 is 14.7 Å². The van der Waals surface area contributed by atoms with Gasteiger partial charge in [-0.1, -0.05) is 18.2 Å². The largest absolute Gasteiger partial charge is 0.368 e. The number of hydrogen-bond donors (Lipinski definition) is 0. The molecule has 2 aliphatic heterocycles. The first-order valence-electron chi connectivity index (χ1n) is 12.3. The number of thiophene rings is 1. The lowest BCUT2D eigenvalue weighted by atomic mass is 10.0. The number of nitrogens with zero attached hydrogens (tertiary/aromatic N) is 5. The van der Waals surface area contributed by atoms with Crippen LogP contribution in [0.4, 0.5) is 5.69 Å². The Labute approximate surface area is 208 Å². The van der Waals surface area contributed by atoms with Crippen molar-refractivity contribution < 1.29 is 9.59 Å². The van der Waals surface area contributed by atoms with Crippen molar-refractivity contribution in [1.29, 1.82) is 0 Å². The number of para-hydroxylation sites is 1. The van der Waals surface area contributed by atoms with Crippen LogP contribution in [0.5, 0.6) is 0 Å². The Hall–Kier alpha value is -3.20. The molecule has 35 heavy (non-hydrogen) atoms. The summed E-state index contributed by atoms with van der Waals surface area (Å²) in [6.45, 7) is 7.37. The summed E-state index contributed by atoms with van der Waals surface area (Å²) < 4.78 is 1.39. The van der Waals surface area contributed by atoms with Gasteiger partial charge in [0.25, 0.3) is 11.5 Å². The van der Waals surface area contributed by atoms with Gasteiger partial charge in [-0.05, 0) is 50.8 Å². The highest BCUT2D eigenvalue weighted by Crippen LogP contribution is 2.29. The van der Waals surface area contributed by atoms with Crippen LogP contribution in [0, 0.1) is 6.92 Å². The number of fused-ring (bicyclic) bond motifs is 1. The Morgan fingerprint density at radius 2 is 1.80 bits per heavy atom. The van der Waals surface area contributed by atoms with E-state index in [1.807, 2.05) is 34.9 Å². The third-order valence-corrected chi connectivity index (χ3v) is 8.42. The molecule has 0 bridgehead atoms. The molecule has 0 spiro atoms. The minimum Gasteiger partial charge on any atom is -0.368 e. The maximum absolute atomic E-state index is 13.4. The number of piperidine rings is 1. The number of amides is 2. The van der Waals surface area contributed by atoms with Gasteiger partial charge in [0, 0.05) is 44.5 Å². The van der Waals surface area contributed by atoms with E-state index in [2.05, 4.69) is 28.9 Å². The fraction of sp³-hybridized carbons (Fsp3) is 0.462. The fourth-order valence-electron chi connectivity index (χ4n) is 5.13. The van der Waals surface area contributed by atoms with Crippen molar-refractivity contribution in [3.63, 3.8) is 0 Å². The lowest BCUT2D eigenvalue weighted by Gasteiger charge is -2.36. The molecule has 2 aliphatic rings. The van der Waals surface area contributed by atoms with E-state index in [9.17, 15) is 14.4 Å². The second-order valence-electron chi connectivity index (χ2n) is 9.46. The van der Waals surface area contributed by atoms with Crippen molar-refractivity contribution >= 4 is 39.1 Å². The second kappa shape index (κ2) is 9.81. The number of piperazine rings is 1. The van der Waals surface area contributed by atoms with Crippen LogP contribution >= 0.6 is 11.3 Å². The molecular formula is C26H31N5O3S. The Morgan fingerprint density at radius 3 is 2.51 bits per heavy atom. The third kappa shape index (κ3) is 4.57. The Balaban J connectivity index is 1.33. The summed E-state index contributed by atoms with van der Waals surface area (Å²) >= 11 is 1.27. The molecule has 0 unspecified atom stereocenters. The number of benzene rings is 1. The van der Waals surface area contributed by atoms with Crippen molar-refractivity contribution in [2.45, 2.75) is 45.7 Å². The molecule has 1 aromatic carbocycles. The summed E-state index contributed by atoms with van der Waals surface area (Å²) in [5.74, 6) is -0.108. The Morgan fingerprint density at radius 1 is 1.06 bits per heavy atom. The summed E-state index contributed by atoms with van der Waals surface area (Å²) in [6.07, 6.45) is 4.56. The molecular weight excluding hydrogens is 462 g/mol. The van der Waals surface area contributed by atoms with Gasteiger partial charge >= 0.3 is 0 Å². The average molecular weight is 494 g/mol. The molecule has 0 saturated carbocycles. The molecule has 0 aliphatic carbocycles. The van der Waals surface area contributed by atoms with Gasteiger partial charge in [0.1, 0.15) is 11.4 Å². The van der Waals surface area contributed by atoms with Gasteiger partial charge in [-0.2, -0.15) is 0 Å². The number of rotatable bonds is 4. The van der Waals surface area contributed by atoms with Crippen LogP contribution in [0.25, 0.3) is 10.2 Å². The highest BCUT2D eigenvalue weighted by molar-refractivity contribution is 7.20. The second-order valence-corrected chi connectivity index (χ2v) is 10.5. The van der Waals surface area contributed by atoms with Crippen LogP contribution in [0.3, 0.4) is 0 Å². The van der Waals surface area contributed by atoms with E-state index >= 15 is 0 Å². The molecule has 4 heterocycles. The van der Waals surface area contributed by atoms with Crippen molar-refractivity contribution in [1.82, 2.24) is 19.4 Å². The summed E-state index contributed by atoms with van der Waals surface area (Å²) in [6, 6.07) is 10.4. The fourth-order valence-corrected chi connectivity index (χ4v) is 6.24. The predicted octanol–water partition coefficient (Wildman–Crippen LogP) is 3.13. The quantitative estimate of drug-likeness (QED) is 0.558. The van der Waals surface area contributed by atoms with Gasteiger partial charge in [-0.15, -0.1) is 11.3 Å². The number of carbonyl (C=O) groups is 2. The maximum atomic E-state index is 13.4. The molecule has 5 rings (SSSR count). The topological polar surface area (TPSA) is 78.8 Å². The highest BCUT2D eigenvalue weighted by Gasteiger charge is 2.28. The lowest BCUT2D eigenvalue weighted by Crippen LogP contribution is -2.48. The van der Waals surface area contributed by atoms with E-state index in [0.717, 1.165) is 44.6 Å². The summed E-state index contributed by atoms with van der Waals surface area (Å²) in [4.78, 5) is 51.1. The molecule has 0 N–H and O–H groups in total. The van der Waals surface area contributed by atoms with Crippen molar-refractivity contribution in [2.75, 3.05) is 37.6 Å². The first-order valence-corrected chi connectivity index (χ1v) is 13.1. The van der Waals surface area contributed by atoms with E-state index in [-0.39, 0.29) is 30.0 Å². The first-order chi connectivity index (χ1) is 16.9. The van der Waals surface area contributed by atoms with E-state index in [0.29, 0.717) is 33.7 Å². The minimum atomic E-state index is -0.255. The normalized spacial score (nSPS) is 18.8. The third-order valence-electron chi connectivity index (χ3n) is 7.23. The van der Waals surface area contributed by atoms with E-state index in [1.54, 1.807) is 0 Å². The zero-order chi connectivity index (χ0) is 24.5. The van der Waals surface area contributed by atoms with E-state index < -0.39 is 0 Å². The number of carbonyl (C=O) groups excluding carboxylic acids is 2. The van der Waals surface area contributed by atoms with Crippen molar-refractivity contribution in [3.05, 3.63) is 57.5 Å². The predicted molar refractivity (Wildman–Crippen MR) is 138 cm³/mol. The van der Waals surface area contributed by atoms with Crippen LogP contribution in [0.15, 0.2) is 41.5 Å². The number of likely N-dealkylation sites (tertiary alicyclic amines) is 1. The highest BCUT2D eigenvalue weighted by atomic mass is 32.1. The van der Waals surface area contributed by atoms with Gasteiger partial charge in [-0.3, -0.25) is 19.0 Å². The minimum absolute atomic E-state index is 0.0217. The molecule has 2 fully saturated rings. The molecule has 2 aromatic heterocycles. The molecule has 0 radical (unpaired) electrons. The maximum Gasteiger partial charge on any atom is 0.264 e. The van der Waals surface area contributed by atoms with Gasteiger partial charge in [0.2, 0.25) is 5.91 Å².